The summed E-state index contributed by atoms with van der Waals surface area (Å²) in [5.74, 6) is 0.148. The quantitative estimate of drug-likeness (QED) is 0.597. The van der Waals surface area contributed by atoms with Crippen molar-refractivity contribution >= 4 is 27.5 Å². The molecule has 3 aromatic rings. The van der Waals surface area contributed by atoms with Gasteiger partial charge >= 0.3 is 0 Å². The summed E-state index contributed by atoms with van der Waals surface area (Å²) in [4.78, 5) is 16.8. The van der Waals surface area contributed by atoms with Crippen LogP contribution in [0.5, 0.6) is 0 Å². The van der Waals surface area contributed by atoms with Crippen molar-refractivity contribution in [3.8, 4) is 11.4 Å². The number of nitrogens with one attached hydrogen (secondary N) is 1. The maximum Gasteiger partial charge on any atom is 0.251 e. The first-order chi connectivity index (χ1) is 14.9. The number of rotatable bonds is 6. The lowest BCUT2D eigenvalue weighted by Gasteiger charge is -2.26. The summed E-state index contributed by atoms with van der Waals surface area (Å²) >= 11 is 6.13. The van der Waals surface area contributed by atoms with Crippen LogP contribution in [0.2, 0.25) is 5.02 Å². The van der Waals surface area contributed by atoms with Crippen molar-refractivity contribution < 1.29 is 22.5 Å². The molecule has 9 nitrogen and oxygen atoms in total. The number of benzene rings is 2. The normalized spacial score (nSPS) is 15.0. The van der Waals surface area contributed by atoms with Crippen LogP contribution >= 0.6 is 11.6 Å². The summed E-state index contributed by atoms with van der Waals surface area (Å²) in [5, 5.41) is 7.04. The Morgan fingerprint density at radius 2 is 1.81 bits per heavy atom. The van der Waals surface area contributed by atoms with Crippen LogP contribution in [0, 0.1) is 0 Å². The van der Waals surface area contributed by atoms with Gasteiger partial charge in [0.1, 0.15) is 0 Å². The first kappa shape index (κ1) is 21.4. The van der Waals surface area contributed by atoms with Gasteiger partial charge in [-0.3, -0.25) is 4.79 Å². The van der Waals surface area contributed by atoms with E-state index in [9.17, 15) is 13.2 Å². The fourth-order valence-electron chi connectivity index (χ4n) is 3.05. The maximum atomic E-state index is 12.7. The van der Waals surface area contributed by atoms with Gasteiger partial charge in [-0.2, -0.15) is 9.29 Å². The number of halogens is 1. The predicted molar refractivity (Wildman–Crippen MR) is 112 cm³/mol. The van der Waals surface area contributed by atoms with Crippen molar-refractivity contribution in [3.63, 3.8) is 0 Å². The summed E-state index contributed by atoms with van der Waals surface area (Å²) in [7, 11) is -3.61. The molecule has 4 rings (SSSR count). The Hall–Kier alpha value is -2.79. The molecule has 0 unspecified atom stereocenters. The minimum absolute atomic E-state index is 0.0180. The zero-order valence-corrected chi connectivity index (χ0v) is 17.9. The molecule has 1 amide bonds. The maximum absolute atomic E-state index is 12.7. The molecule has 1 N–H and O–H groups in total. The average Bonchev–Trinajstić information content (AvgIpc) is 3.27. The number of aromatic nitrogens is 2. The van der Waals surface area contributed by atoms with Crippen molar-refractivity contribution in [3.05, 3.63) is 65.0 Å². The van der Waals surface area contributed by atoms with Crippen LogP contribution in [0.3, 0.4) is 0 Å². The molecule has 0 radical (unpaired) electrons. The summed E-state index contributed by atoms with van der Waals surface area (Å²) in [6.45, 7) is 1.38. The molecule has 162 valence electrons. The fraction of sp³-hybridized carbons (Fsp3) is 0.250. The fourth-order valence-corrected chi connectivity index (χ4v) is 4.68. The third kappa shape index (κ3) is 4.77. The number of sulfonamides is 1. The number of carbonyl (C=O) groups excluding carboxylic acids is 1. The molecule has 1 saturated heterocycles. The topological polar surface area (TPSA) is 115 Å². The van der Waals surface area contributed by atoms with E-state index in [1.807, 2.05) is 6.07 Å². The van der Waals surface area contributed by atoms with Gasteiger partial charge in [0.2, 0.25) is 21.7 Å². The number of carbonyl (C=O) groups is 1. The molecule has 1 aliphatic rings. The first-order valence-electron chi connectivity index (χ1n) is 9.49. The van der Waals surface area contributed by atoms with E-state index in [1.54, 1.807) is 18.2 Å². The molecule has 0 aliphatic carbocycles. The van der Waals surface area contributed by atoms with Crippen LogP contribution in [-0.4, -0.2) is 55.1 Å². The minimum Gasteiger partial charge on any atom is -0.379 e. The Balaban J connectivity index is 1.39. The highest BCUT2D eigenvalue weighted by Gasteiger charge is 2.26. The van der Waals surface area contributed by atoms with Gasteiger partial charge in [0.25, 0.3) is 5.91 Å². The lowest BCUT2D eigenvalue weighted by molar-refractivity contribution is 0.0730. The lowest BCUT2D eigenvalue weighted by atomic mass is 10.2. The third-order valence-corrected chi connectivity index (χ3v) is 6.95. The second-order valence-electron chi connectivity index (χ2n) is 6.72. The van der Waals surface area contributed by atoms with E-state index in [0.29, 0.717) is 48.3 Å². The minimum atomic E-state index is -3.61. The van der Waals surface area contributed by atoms with Crippen molar-refractivity contribution in [1.29, 1.82) is 0 Å². The van der Waals surface area contributed by atoms with Crippen molar-refractivity contribution in [2.24, 2.45) is 0 Å². The second-order valence-corrected chi connectivity index (χ2v) is 9.06. The molecule has 2 aromatic carbocycles. The monoisotopic (exact) mass is 462 g/mol. The van der Waals surface area contributed by atoms with E-state index in [4.69, 9.17) is 20.9 Å². The highest BCUT2D eigenvalue weighted by molar-refractivity contribution is 7.89. The van der Waals surface area contributed by atoms with E-state index < -0.39 is 15.9 Å². The molecule has 31 heavy (non-hydrogen) atoms. The number of morpholine rings is 1. The molecule has 1 aliphatic heterocycles. The first-order valence-corrected chi connectivity index (χ1v) is 11.3. The van der Waals surface area contributed by atoms with E-state index in [1.165, 1.54) is 28.6 Å². The zero-order valence-electron chi connectivity index (χ0n) is 16.3. The number of hydrogen-bond acceptors (Lipinski definition) is 7. The smallest absolute Gasteiger partial charge is 0.251 e. The standard InChI is InChI=1S/C20H19ClN4O5S/c21-17-4-2-1-3-16(17)19-23-18(30-24-19)13-22-20(26)14-5-7-15(8-6-14)31(27,28)25-9-11-29-12-10-25/h1-8H,9-13H2,(H,22,26). The third-order valence-electron chi connectivity index (χ3n) is 4.71. The molecule has 1 aromatic heterocycles. The number of hydrogen-bond donors (Lipinski definition) is 1. The predicted octanol–water partition coefficient (Wildman–Crippen LogP) is 2.34. The molecule has 0 spiro atoms. The SMILES string of the molecule is O=C(NCc1nc(-c2ccccc2Cl)no1)c1ccc(S(=O)(=O)N2CCOCC2)cc1. The highest BCUT2D eigenvalue weighted by Crippen LogP contribution is 2.24. The van der Waals surface area contributed by atoms with Crippen LogP contribution in [0.15, 0.2) is 57.9 Å². The summed E-state index contributed by atoms with van der Waals surface area (Å²) in [5.41, 5.74) is 0.939. The van der Waals surface area contributed by atoms with E-state index >= 15 is 0 Å². The van der Waals surface area contributed by atoms with Crippen LogP contribution in [-0.2, 0) is 21.3 Å². The van der Waals surface area contributed by atoms with Gasteiger partial charge in [-0.1, -0.05) is 28.9 Å². The van der Waals surface area contributed by atoms with Gasteiger partial charge in [0.05, 0.1) is 29.7 Å². The van der Waals surface area contributed by atoms with Gasteiger partial charge < -0.3 is 14.6 Å². The molecule has 2 heterocycles. The van der Waals surface area contributed by atoms with Crippen LogP contribution in [0.25, 0.3) is 11.4 Å². The van der Waals surface area contributed by atoms with Gasteiger partial charge in [-0.05, 0) is 36.4 Å². The van der Waals surface area contributed by atoms with Crippen molar-refractivity contribution in [2.75, 3.05) is 26.3 Å². The van der Waals surface area contributed by atoms with E-state index in [2.05, 4.69) is 15.5 Å². The average molecular weight is 463 g/mol. The largest absolute Gasteiger partial charge is 0.379 e. The lowest BCUT2D eigenvalue weighted by Crippen LogP contribution is -2.40. The van der Waals surface area contributed by atoms with Gasteiger partial charge in [-0.25, -0.2) is 8.42 Å². The van der Waals surface area contributed by atoms with Crippen molar-refractivity contribution in [1.82, 2.24) is 19.8 Å². The number of amides is 1. The van der Waals surface area contributed by atoms with Gasteiger partial charge in [-0.15, -0.1) is 0 Å². The molecule has 11 heteroatoms. The Kier molecular flexibility index (Phi) is 6.33. The number of ether oxygens (including phenoxy) is 1. The van der Waals surface area contributed by atoms with Crippen molar-refractivity contribution in [2.45, 2.75) is 11.4 Å². The highest BCUT2D eigenvalue weighted by atomic mass is 35.5. The van der Waals surface area contributed by atoms with E-state index in [-0.39, 0.29) is 17.3 Å². The Morgan fingerprint density at radius 1 is 1.10 bits per heavy atom. The van der Waals surface area contributed by atoms with Crippen LogP contribution in [0.4, 0.5) is 0 Å². The number of nitrogens with zero attached hydrogens (tertiary/aromatic N) is 3. The molecular formula is C20H19ClN4O5S. The Bertz CT molecular complexity index is 1170. The molecule has 0 saturated carbocycles. The van der Waals surface area contributed by atoms with E-state index in [0.717, 1.165) is 0 Å². The van der Waals surface area contributed by atoms with Gasteiger partial charge in [0.15, 0.2) is 0 Å². The molecule has 1 fully saturated rings. The van der Waals surface area contributed by atoms with Gasteiger partial charge in [0, 0.05) is 24.2 Å². The second kappa shape index (κ2) is 9.15. The Morgan fingerprint density at radius 3 is 2.52 bits per heavy atom. The molecule has 0 atom stereocenters. The van der Waals surface area contributed by atoms with Crippen LogP contribution in [0.1, 0.15) is 16.2 Å². The molecular weight excluding hydrogens is 444 g/mol. The summed E-state index contributed by atoms with van der Waals surface area (Å²) < 4.78 is 37.0. The summed E-state index contributed by atoms with van der Waals surface area (Å²) in [6, 6.07) is 12.9. The van der Waals surface area contributed by atoms with Crippen LogP contribution < -0.4 is 5.32 Å². The zero-order chi connectivity index (χ0) is 21.8. The summed E-state index contributed by atoms with van der Waals surface area (Å²) in [6.07, 6.45) is 0. The molecule has 0 bridgehead atoms. The Labute approximate surface area is 184 Å².